The summed E-state index contributed by atoms with van der Waals surface area (Å²) in [4.78, 5) is 52.5. The Hall–Kier alpha value is -3.94. The second-order valence-corrected chi connectivity index (χ2v) is 6.60. The number of hydrogen-bond acceptors (Lipinski definition) is 4. The second kappa shape index (κ2) is 6.34. The van der Waals surface area contributed by atoms with E-state index in [9.17, 15) is 19.2 Å². The van der Waals surface area contributed by atoms with Crippen LogP contribution in [0.2, 0.25) is 0 Å². The number of nitrogens with zero attached hydrogens (tertiary/aromatic N) is 1. The number of H-pyrrole nitrogens is 1. The van der Waals surface area contributed by atoms with Crippen LogP contribution in [-0.4, -0.2) is 27.8 Å². The van der Waals surface area contributed by atoms with E-state index < -0.39 is 28.9 Å². The lowest BCUT2D eigenvalue weighted by molar-refractivity contribution is -0.132. The number of urea groups is 1. The van der Waals surface area contributed by atoms with Crippen LogP contribution in [0.4, 0.5) is 4.79 Å². The van der Waals surface area contributed by atoms with Gasteiger partial charge in [-0.15, -0.1) is 0 Å². The molecule has 0 unspecified atom stereocenters. The molecule has 4 amide bonds. The fraction of sp³-hybridized carbons (Fsp3) is 0.100. The zero-order valence-electron chi connectivity index (χ0n) is 14.9. The smallest absolute Gasteiger partial charge is 0.322 e. The second-order valence-electron chi connectivity index (χ2n) is 6.60. The number of rotatable bonds is 3. The molecule has 3 aromatic rings. The summed E-state index contributed by atoms with van der Waals surface area (Å²) in [5, 5.41) is 3.75. The normalized spacial score (nSPS) is 19.0. The molecular weight excluding hydrogens is 360 g/mol. The molecule has 1 fully saturated rings. The van der Waals surface area contributed by atoms with Gasteiger partial charge in [-0.2, -0.15) is 5.01 Å². The summed E-state index contributed by atoms with van der Waals surface area (Å²) in [5.74, 6) is -1.35. The molecule has 2 heterocycles. The van der Waals surface area contributed by atoms with Crippen molar-refractivity contribution >= 4 is 28.7 Å². The highest BCUT2D eigenvalue weighted by molar-refractivity contribution is 6.11. The number of para-hydroxylation sites is 1. The quantitative estimate of drug-likeness (QED) is 0.603. The Bertz CT molecular complexity index is 1170. The SMILES string of the molecule is C[C@@]1(c2ccccc2)NC(=O)N(NC(=O)c2cc(=O)[nH]c3ccccc23)C1=O. The molecule has 0 spiro atoms. The maximum absolute atomic E-state index is 12.9. The lowest BCUT2D eigenvalue weighted by Crippen LogP contribution is -2.48. The highest BCUT2D eigenvalue weighted by Gasteiger charge is 2.50. The maximum atomic E-state index is 12.9. The number of hydrogen-bond donors (Lipinski definition) is 3. The van der Waals surface area contributed by atoms with Crippen molar-refractivity contribution in [2.45, 2.75) is 12.5 Å². The lowest BCUT2D eigenvalue weighted by atomic mass is 9.92. The minimum atomic E-state index is -1.30. The molecule has 28 heavy (non-hydrogen) atoms. The Morgan fingerprint density at radius 1 is 1.00 bits per heavy atom. The number of carbonyl (C=O) groups excluding carboxylic acids is 3. The monoisotopic (exact) mass is 376 g/mol. The summed E-state index contributed by atoms with van der Waals surface area (Å²) >= 11 is 0. The largest absolute Gasteiger partial charge is 0.344 e. The molecule has 8 nitrogen and oxygen atoms in total. The topological polar surface area (TPSA) is 111 Å². The van der Waals surface area contributed by atoms with Gasteiger partial charge in [-0.3, -0.25) is 19.8 Å². The molecular formula is C20H16N4O4. The number of amides is 4. The van der Waals surface area contributed by atoms with Gasteiger partial charge in [0.2, 0.25) is 5.56 Å². The number of carbonyl (C=O) groups is 3. The fourth-order valence-electron chi connectivity index (χ4n) is 3.26. The molecule has 1 aliphatic rings. The number of benzene rings is 2. The van der Waals surface area contributed by atoms with E-state index in [0.717, 1.165) is 6.07 Å². The Balaban J connectivity index is 1.67. The molecule has 3 N–H and O–H groups in total. The minimum absolute atomic E-state index is 0.0632. The molecule has 0 radical (unpaired) electrons. The maximum Gasteiger partial charge on any atom is 0.344 e. The number of aromatic nitrogens is 1. The van der Waals surface area contributed by atoms with Crippen LogP contribution >= 0.6 is 0 Å². The van der Waals surface area contributed by atoms with Gasteiger partial charge in [0.1, 0.15) is 5.54 Å². The Labute approximate surface area is 159 Å². The van der Waals surface area contributed by atoms with Gasteiger partial charge >= 0.3 is 6.03 Å². The predicted octanol–water partition coefficient (Wildman–Crippen LogP) is 1.64. The zero-order chi connectivity index (χ0) is 19.9. The summed E-state index contributed by atoms with van der Waals surface area (Å²) in [5.41, 5.74) is 1.68. The van der Waals surface area contributed by atoms with Gasteiger partial charge in [0.15, 0.2) is 0 Å². The van der Waals surface area contributed by atoms with Crippen LogP contribution in [0.25, 0.3) is 10.9 Å². The van der Waals surface area contributed by atoms with E-state index in [1.54, 1.807) is 61.5 Å². The average molecular weight is 376 g/mol. The van der Waals surface area contributed by atoms with Crippen molar-refractivity contribution in [1.82, 2.24) is 20.7 Å². The van der Waals surface area contributed by atoms with Crippen LogP contribution < -0.4 is 16.3 Å². The average Bonchev–Trinajstić information content (AvgIpc) is 2.92. The highest BCUT2D eigenvalue weighted by Crippen LogP contribution is 2.27. The fourth-order valence-corrected chi connectivity index (χ4v) is 3.26. The minimum Gasteiger partial charge on any atom is -0.322 e. The third-order valence-electron chi connectivity index (χ3n) is 4.75. The standard InChI is InChI=1S/C20H16N4O4/c1-20(12-7-3-2-4-8-12)18(27)24(19(28)22-20)23-17(26)14-11-16(25)21-15-10-6-5-9-13(14)15/h2-11H,1H3,(H,21,25)(H,22,28)(H,23,26)/t20-/m0/s1. The summed E-state index contributed by atoms with van der Waals surface area (Å²) < 4.78 is 0. The summed E-state index contributed by atoms with van der Waals surface area (Å²) in [7, 11) is 0. The third kappa shape index (κ3) is 2.71. The first-order valence-corrected chi connectivity index (χ1v) is 8.55. The van der Waals surface area contributed by atoms with Crippen molar-refractivity contribution in [3.05, 3.63) is 82.1 Å². The Morgan fingerprint density at radius 2 is 1.68 bits per heavy atom. The number of pyridine rings is 1. The van der Waals surface area contributed by atoms with Crippen molar-refractivity contribution in [3.8, 4) is 0 Å². The lowest BCUT2D eigenvalue weighted by Gasteiger charge is -2.22. The van der Waals surface area contributed by atoms with E-state index in [-0.39, 0.29) is 5.56 Å². The number of hydrazine groups is 1. The summed E-state index contributed by atoms with van der Waals surface area (Å²) in [6.45, 7) is 1.57. The van der Waals surface area contributed by atoms with E-state index in [2.05, 4.69) is 15.7 Å². The van der Waals surface area contributed by atoms with Crippen LogP contribution in [0.5, 0.6) is 0 Å². The van der Waals surface area contributed by atoms with Gasteiger partial charge in [0, 0.05) is 17.0 Å². The van der Waals surface area contributed by atoms with E-state index in [0.29, 0.717) is 21.5 Å². The number of aromatic amines is 1. The first-order valence-electron chi connectivity index (χ1n) is 8.55. The van der Waals surface area contributed by atoms with E-state index in [1.807, 2.05) is 0 Å². The summed E-state index contributed by atoms with van der Waals surface area (Å²) in [6.07, 6.45) is 0. The van der Waals surface area contributed by atoms with Gasteiger partial charge in [0.25, 0.3) is 11.8 Å². The van der Waals surface area contributed by atoms with Crippen LogP contribution in [0.3, 0.4) is 0 Å². The van der Waals surface area contributed by atoms with E-state index in [1.165, 1.54) is 0 Å². The van der Waals surface area contributed by atoms with Crippen LogP contribution in [-0.2, 0) is 10.3 Å². The van der Waals surface area contributed by atoms with Crippen molar-refractivity contribution in [2.75, 3.05) is 0 Å². The molecule has 0 bridgehead atoms. The van der Waals surface area contributed by atoms with Gasteiger partial charge < -0.3 is 10.3 Å². The van der Waals surface area contributed by atoms with Gasteiger partial charge in [-0.05, 0) is 18.6 Å². The molecule has 0 saturated carbocycles. The molecule has 2 aromatic carbocycles. The van der Waals surface area contributed by atoms with Crippen molar-refractivity contribution in [1.29, 1.82) is 0 Å². The molecule has 8 heteroatoms. The van der Waals surface area contributed by atoms with Crippen LogP contribution in [0, 0.1) is 0 Å². The number of nitrogens with one attached hydrogen (secondary N) is 3. The first kappa shape index (κ1) is 17.5. The van der Waals surface area contributed by atoms with Gasteiger partial charge in [0.05, 0.1) is 5.56 Å². The van der Waals surface area contributed by atoms with Crippen LogP contribution in [0.1, 0.15) is 22.8 Å². The Kier molecular flexibility index (Phi) is 3.96. The molecule has 1 aromatic heterocycles. The zero-order valence-corrected chi connectivity index (χ0v) is 14.9. The molecule has 4 rings (SSSR count). The molecule has 0 aliphatic carbocycles. The first-order chi connectivity index (χ1) is 13.4. The number of fused-ring (bicyclic) bond motifs is 1. The van der Waals surface area contributed by atoms with E-state index >= 15 is 0 Å². The van der Waals surface area contributed by atoms with Crippen molar-refractivity contribution in [2.24, 2.45) is 0 Å². The number of imide groups is 1. The molecule has 140 valence electrons. The molecule has 1 saturated heterocycles. The molecule has 1 atom stereocenters. The van der Waals surface area contributed by atoms with E-state index in [4.69, 9.17) is 0 Å². The van der Waals surface area contributed by atoms with Gasteiger partial charge in [-0.1, -0.05) is 48.5 Å². The third-order valence-corrected chi connectivity index (χ3v) is 4.75. The van der Waals surface area contributed by atoms with Crippen LogP contribution in [0.15, 0.2) is 65.5 Å². The highest BCUT2D eigenvalue weighted by atomic mass is 16.2. The van der Waals surface area contributed by atoms with Gasteiger partial charge in [-0.25, -0.2) is 4.79 Å². The van der Waals surface area contributed by atoms with Crippen molar-refractivity contribution in [3.63, 3.8) is 0 Å². The molecule has 1 aliphatic heterocycles. The Morgan fingerprint density at radius 3 is 2.43 bits per heavy atom. The van der Waals surface area contributed by atoms with Crippen molar-refractivity contribution < 1.29 is 14.4 Å². The summed E-state index contributed by atoms with van der Waals surface area (Å²) in [6, 6.07) is 15.9. The predicted molar refractivity (Wildman–Crippen MR) is 101 cm³/mol.